The third-order valence-corrected chi connectivity index (χ3v) is 4.09. The molecule has 0 amide bonds. The van der Waals surface area contributed by atoms with Crippen molar-refractivity contribution in [2.45, 2.75) is 6.43 Å². The molecule has 3 aromatic rings. The Balaban J connectivity index is 1.89. The number of ether oxygens (including phenoxy) is 1. The fourth-order valence-electron chi connectivity index (χ4n) is 2.11. The van der Waals surface area contributed by atoms with Crippen molar-refractivity contribution in [1.82, 2.24) is 9.97 Å². The highest BCUT2D eigenvalue weighted by Crippen LogP contribution is 2.27. The van der Waals surface area contributed by atoms with Crippen LogP contribution in [0.5, 0.6) is 5.75 Å². The van der Waals surface area contributed by atoms with E-state index in [1.54, 1.807) is 30.3 Å². The molecule has 0 aliphatic rings. The van der Waals surface area contributed by atoms with Crippen LogP contribution in [0.4, 0.5) is 19.1 Å². The summed E-state index contributed by atoms with van der Waals surface area (Å²) in [4.78, 5) is 8.51. The Labute approximate surface area is 151 Å². The predicted octanol–water partition coefficient (Wildman–Crippen LogP) is 4.74. The van der Waals surface area contributed by atoms with Gasteiger partial charge in [-0.2, -0.15) is 9.49 Å². The van der Waals surface area contributed by atoms with Gasteiger partial charge in [-0.05, 0) is 30.3 Å². The van der Waals surface area contributed by atoms with E-state index >= 15 is 0 Å². The highest BCUT2D eigenvalue weighted by atomic mass is 32.1. The van der Waals surface area contributed by atoms with Crippen molar-refractivity contribution in [3.8, 4) is 17.0 Å². The monoisotopic (exact) mass is 378 g/mol. The molecule has 9 heteroatoms. The molecule has 134 valence electrons. The van der Waals surface area contributed by atoms with Crippen molar-refractivity contribution < 1.29 is 17.9 Å². The third-order valence-electron chi connectivity index (χ3n) is 3.29. The fraction of sp³-hybridized carbons (Fsp3) is 0.118. The zero-order valence-corrected chi connectivity index (χ0v) is 14.3. The Kier molecular flexibility index (Phi) is 5.47. The van der Waals surface area contributed by atoms with Crippen LogP contribution in [0, 0.1) is 5.13 Å². The van der Waals surface area contributed by atoms with E-state index in [9.17, 15) is 13.2 Å². The number of nitrogens with one attached hydrogen (secondary N) is 1. The minimum atomic E-state index is -2.77. The lowest BCUT2D eigenvalue weighted by Crippen LogP contribution is -2.02. The number of nitrogens with zero attached hydrogens (tertiary/aromatic N) is 3. The Morgan fingerprint density at radius 1 is 1.19 bits per heavy atom. The van der Waals surface area contributed by atoms with Gasteiger partial charge in [0, 0.05) is 5.56 Å². The molecule has 0 atom stereocenters. The van der Waals surface area contributed by atoms with E-state index in [0.717, 1.165) is 11.3 Å². The Morgan fingerprint density at radius 2 is 2.04 bits per heavy atom. The van der Waals surface area contributed by atoms with Gasteiger partial charge in [-0.3, -0.25) is 0 Å². The van der Waals surface area contributed by atoms with E-state index in [0.29, 0.717) is 21.9 Å². The maximum absolute atomic E-state index is 13.2. The molecule has 1 aromatic carbocycles. The lowest BCUT2D eigenvalue weighted by atomic mass is 10.1. The third kappa shape index (κ3) is 4.37. The average molecular weight is 378 g/mol. The molecule has 0 bridgehead atoms. The summed E-state index contributed by atoms with van der Waals surface area (Å²) >= 11 is 0.904. The maximum atomic E-state index is 13.2. The van der Waals surface area contributed by atoms with Gasteiger partial charge in [0.15, 0.2) is 5.13 Å². The summed E-state index contributed by atoms with van der Waals surface area (Å²) in [7, 11) is 1.51. The molecule has 0 spiro atoms. The number of aromatic nitrogens is 2. The smallest absolute Gasteiger partial charge is 0.280 e. The first kappa shape index (κ1) is 17.9. The second kappa shape index (κ2) is 7.96. The van der Waals surface area contributed by atoms with Crippen LogP contribution in [0.2, 0.25) is 0 Å². The minimum Gasteiger partial charge on any atom is -0.497 e. The molecule has 2 aromatic heterocycles. The van der Waals surface area contributed by atoms with E-state index in [1.807, 2.05) is 0 Å². The van der Waals surface area contributed by atoms with Crippen LogP contribution in [0.3, 0.4) is 0 Å². The minimum absolute atomic E-state index is 0.0890. The van der Waals surface area contributed by atoms with Crippen molar-refractivity contribution in [1.29, 1.82) is 0 Å². The molecule has 0 radical (unpaired) electrons. The van der Waals surface area contributed by atoms with Gasteiger partial charge in [-0.1, -0.05) is 12.1 Å². The first-order valence-electron chi connectivity index (χ1n) is 7.41. The molecular formula is C17H13F3N4OS. The second-order valence-electron chi connectivity index (χ2n) is 5.05. The second-order valence-corrected chi connectivity index (χ2v) is 6.11. The zero-order valence-electron chi connectivity index (χ0n) is 13.5. The SMILES string of the molecule is COc1cccc(-c2cc(C(F)F)nc(NN=Cc3ccc(F)s3)n2)c1. The van der Waals surface area contributed by atoms with E-state index in [-0.39, 0.29) is 11.1 Å². The van der Waals surface area contributed by atoms with Gasteiger partial charge in [0.25, 0.3) is 6.43 Å². The summed E-state index contributed by atoms with van der Waals surface area (Å²) < 4.78 is 44.4. The van der Waals surface area contributed by atoms with E-state index in [2.05, 4.69) is 20.5 Å². The number of rotatable bonds is 6. The standard InChI is InChI=1S/C17H13F3N4OS/c1-25-11-4-2-3-10(7-11)13-8-14(16(19)20)23-17(22-13)24-21-9-12-5-6-15(18)26-12/h2-9,16H,1H3,(H,22,23,24). The highest BCUT2D eigenvalue weighted by Gasteiger charge is 2.14. The number of halogens is 3. The first-order chi connectivity index (χ1) is 12.5. The number of hydrogen-bond acceptors (Lipinski definition) is 6. The van der Waals surface area contributed by atoms with E-state index in [1.165, 1.54) is 25.5 Å². The normalized spacial score (nSPS) is 11.3. The molecule has 2 heterocycles. The summed E-state index contributed by atoms with van der Waals surface area (Å²) in [5.74, 6) is 0.487. The number of methoxy groups -OCH3 is 1. The molecule has 0 aliphatic heterocycles. The number of thiophene rings is 1. The Bertz CT molecular complexity index is 930. The maximum Gasteiger partial charge on any atom is 0.280 e. The fourth-order valence-corrected chi connectivity index (χ4v) is 2.71. The quantitative estimate of drug-likeness (QED) is 0.497. The summed E-state index contributed by atoms with van der Waals surface area (Å²) in [6, 6.07) is 10.9. The Morgan fingerprint density at radius 3 is 2.73 bits per heavy atom. The molecule has 26 heavy (non-hydrogen) atoms. The molecule has 1 N–H and O–H groups in total. The summed E-state index contributed by atoms with van der Waals surface area (Å²) in [6.07, 6.45) is -1.41. The molecule has 0 unspecified atom stereocenters. The van der Waals surface area contributed by atoms with Gasteiger partial charge in [0.1, 0.15) is 11.4 Å². The zero-order chi connectivity index (χ0) is 18.5. The Hall–Kier alpha value is -2.94. The molecule has 0 saturated carbocycles. The van der Waals surface area contributed by atoms with Gasteiger partial charge in [-0.15, -0.1) is 11.3 Å². The van der Waals surface area contributed by atoms with Crippen LogP contribution in [-0.4, -0.2) is 23.3 Å². The summed E-state index contributed by atoms with van der Waals surface area (Å²) in [5, 5.41) is 3.52. The topological polar surface area (TPSA) is 59.4 Å². The van der Waals surface area contributed by atoms with Crippen LogP contribution in [0.15, 0.2) is 47.6 Å². The molecular weight excluding hydrogens is 365 g/mol. The molecule has 5 nitrogen and oxygen atoms in total. The summed E-state index contributed by atoms with van der Waals surface area (Å²) in [6.45, 7) is 0. The van der Waals surface area contributed by atoms with Crippen LogP contribution >= 0.6 is 11.3 Å². The lowest BCUT2D eigenvalue weighted by Gasteiger charge is -2.08. The number of hydrogen-bond donors (Lipinski definition) is 1. The summed E-state index contributed by atoms with van der Waals surface area (Å²) in [5.41, 5.74) is 2.97. The molecule has 0 saturated heterocycles. The van der Waals surface area contributed by atoms with E-state index in [4.69, 9.17) is 4.74 Å². The van der Waals surface area contributed by atoms with Crippen molar-refractivity contribution in [3.05, 3.63) is 58.2 Å². The molecule has 3 rings (SSSR count). The molecule has 0 fully saturated rings. The van der Waals surface area contributed by atoms with E-state index < -0.39 is 12.1 Å². The van der Waals surface area contributed by atoms with Gasteiger partial charge in [-0.25, -0.2) is 24.2 Å². The van der Waals surface area contributed by atoms with Gasteiger partial charge >= 0.3 is 0 Å². The van der Waals surface area contributed by atoms with Crippen molar-refractivity contribution >= 4 is 23.5 Å². The van der Waals surface area contributed by atoms with Crippen LogP contribution < -0.4 is 10.2 Å². The largest absolute Gasteiger partial charge is 0.497 e. The lowest BCUT2D eigenvalue weighted by molar-refractivity contribution is 0.146. The van der Waals surface area contributed by atoms with Crippen molar-refractivity contribution in [3.63, 3.8) is 0 Å². The van der Waals surface area contributed by atoms with Gasteiger partial charge in [0.05, 0.1) is 23.9 Å². The van der Waals surface area contributed by atoms with Crippen LogP contribution in [0.1, 0.15) is 17.0 Å². The number of hydrazone groups is 1. The number of benzene rings is 1. The first-order valence-corrected chi connectivity index (χ1v) is 8.23. The number of anilines is 1. The molecule has 0 aliphatic carbocycles. The van der Waals surface area contributed by atoms with Gasteiger partial charge < -0.3 is 4.74 Å². The van der Waals surface area contributed by atoms with Crippen molar-refractivity contribution in [2.75, 3.05) is 12.5 Å². The van der Waals surface area contributed by atoms with Crippen molar-refractivity contribution in [2.24, 2.45) is 5.10 Å². The van der Waals surface area contributed by atoms with Gasteiger partial charge in [0.2, 0.25) is 5.95 Å². The average Bonchev–Trinajstić information content (AvgIpc) is 3.06. The predicted molar refractivity (Wildman–Crippen MR) is 94.5 cm³/mol. The highest BCUT2D eigenvalue weighted by molar-refractivity contribution is 7.12. The number of alkyl halides is 2. The van der Waals surface area contributed by atoms with Crippen LogP contribution in [-0.2, 0) is 0 Å². The van der Waals surface area contributed by atoms with Crippen LogP contribution in [0.25, 0.3) is 11.3 Å².